The van der Waals surface area contributed by atoms with Gasteiger partial charge in [0, 0.05) is 24.1 Å². The zero-order valence-corrected chi connectivity index (χ0v) is 20.3. The third-order valence-corrected chi connectivity index (χ3v) is 7.33. The molecule has 1 fully saturated rings. The lowest BCUT2D eigenvalue weighted by Gasteiger charge is -2.29. The molecule has 2 aliphatic rings. The van der Waals surface area contributed by atoms with Gasteiger partial charge in [0.2, 0.25) is 0 Å². The van der Waals surface area contributed by atoms with Crippen LogP contribution in [-0.2, 0) is 19.4 Å². The zero-order chi connectivity index (χ0) is 24.0. The van der Waals surface area contributed by atoms with Crippen molar-refractivity contribution >= 4 is 11.7 Å². The predicted octanol–water partition coefficient (Wildman–Crippen LogP) is 5.91. The Balaban J connectivity index is 1.25. The highest BCUT2D eigenvalue weighted by atomic mass is 16.1. The van der Waals surface area contributed by atoms with Crippen LogP contribution in [0.3, 0.4) is 0 Å². The number of Topliss-reactive ketones (excluding diaryl/α,β-unsaturated/α-hetero) is 1. The summed E-state index contributed by atoms with van der Waals surface area (Å²) in [5.74, 6) is -0.0148. The number of amides is 1. The summed E-state index contributed by atoms with van der Waals surface area (Å²) < 4.78 is 0. The fourth-order valence-electron chi connectivity index (χ4n) is 5.47. The molecule has 0 bridgehead atoms. The molecular formula is C31H34N2O2. The van der Waals surface area contributed by atoms with Crippen molar-refractivity contribution in [2.75, 3.05) is 13.1 Å². The van der Waals surface area contributed by atoms with E-state index in [1.54, 1.807) is 0 Å². The quantitative estimate of drug-likeness (QED) is 0.441. The summed E-state index contributed by atoms with van der Waals surface area (Å²) in [5, 5.41) is 3.27. The first kappa shape index (κ1) is 23.5. The number of carbonyl (C=O) groups excluding carboxylic acids is 2. The first-order chi connectivity index (χ1) is 17.2. The van der Waals surface area contributed by atoms with Crippen LogP contribution in [0, 0.1) is 0 Å². The van der Waals surface area contributed by atoms with Crippen molar-refractivity contribution in [1.82, 2.24) is 10.2 Å². The Labute approximate surface area is 208 Å². The van der Waals surface area contributed by atoms with Crippen LogP contribution in [0.4, 0.5) is 0 Å². The Hall–Kier alpha value is -3.24. The normalized spacial score (nSPS) is 18.0. The molecule has 3 aromatic rings. The monoisotopic (exact) mass is 466 g/mol. The summed E-state index contributed by atoms with van der Waals surface area (Å²) >= 11 is 0. The first-order valence-electron chi connectivity index (χ1n) is 13.0. The van der Waals surface area contributed by atoms with Crippen LogP contribution in [-0.4, -0.2) is 29.7 Å². The number of rotatable bonds is 7. The zero-order valence-electron chi connectivity index (χ0n) is 20.3. The van der Waals surface area contributed by atoms with Gasteiger partial charge < -0.3 is 5.32 Å². The van der Waals surface area contributed by atoms with Gasteiger partial charge >= 0.3 is 0 Å². The second-order valence-electron chi connectivity index (χ2n) is 9.95. The van der Waals surface area contributed by atoms with Crippen LogP contribution in [0.15, 0.2) is 72.8 Å². The highest BCUT2D eigenvalue weighted by Gasteiger charge is 2.23. The molecule has 3 aromatic carbocycles. The molecule has 1 N–H and O–H groups in total. The minimum atomic E-state index is -0.0748. The molecule has 4 nitrogen and oxygen atoms in total. The van der Waals surface area contributed by atoms with Crippen molar-refractivity contribution in [3.63, 3.8) is 0 Å². The Bertz CT molecular complexity index is 1180. The van der Waals surface area contributed by atoms with Crippen molar-refractivity contribution in [2.45, 2.75) is 57.5 Å². The van der Waals surface area contributed by atoms with E-state index >= 15 is 0 Å². The molecule has 0 saturated carbocycles. The van der Waals surface area contributed by atoms with Crippen LogP contribution < -0.4 is 5.32 Å². The Morgan fingerprint density at radius 1 is 0.800 bits per heavy atom. The van der Waals surface area contributed by atoms with E-state index in [1.807, 2.05) is 54.6 Å². The number of hydrogen-bond acceptors (Lipinski definition) is 3. The number of likely N-dealkylation sites (tertiary alicyclic amines) is 1. The fraction of sp³-hybridized carbons (Fsp3) is 0.355. The molecule has 180 valence electrons. The lowest BCUT2D eigenvalue weighted by Crippen LogP contribution is -2.31. The maximum atomic E-state index is 13.2. The highest BCUT2D eigenvalue weighted by Crippen LogP contribution is 2.31. The van der Waals surface area contributed by atoms with Crippen molar-refractivity contribution in [2.24, 2.45) is 0 Å². The lowest BCUT2D eigenvalue weighted by molar-refractivity contribution is 0.0930. The Morgan fingerprint density at radius 3 is 2.43 bits per heavy atom. The number of benzene rings is 3. The Kier molecular flexibility index (Phi) is 7.39. The van der Waals surface area contributed by atoms with E-state index < -0.39 is 0 Å². The number of fused-ring (bicyclic) bond motifs is 1. The van der Waals surface area contributed by atoms with Crippen molar-refractivity contribution in [3.05, 3.63) is 106 Å². The Morgan fingerprint density at radius 2 is 1.60 bits per heavy atom. The smallest absolute Gasteiger partial charge is 0.251 e. The SMILES string of the molecule is O=C(Cc1cccc(C(=O)N[C@@H]2CCCc3cc(CN4CCCCC4)ccc32)c1)c1ccccc1. The van der Waals surface area contributed by atoms with Crippen LogP contribution in [0.5, 0.6) is 0 Å². The van der Waals surface area contributed by atoms with Crippen molar-refractivity contribution < 1.29 is 9.59 Å². The van der Waals surface area contributed by atoms with Crippen molar-refractivity contribution in [3.8, 4) is 0 Å². The van der Waals surface area contributed by atoms with Crippen LogP contribution in [0.1, 0.15) is 81.1 Å². The highest BCUT2D eigenvalue weighted by molar-refractivity contribution is 5.98. The molecule has 0 radical (unpaired) electrons. The summed E-state index contributed by atoms with van der Waals surface area (Å²) in [7, 11) is 0. The molecule has 1 aliphatic carbocycles. The molecule has 4 heteroatoms. The lowest BCUT2D eigenvalue weighted by atomic mass is 9.86. The van der Waals surface area contributed by atoms with E-state index in [-0.39, 0.29) is 24.2 Å². The van der Waals surface area contributed by atoms with Gasteiger partial charge in [-0.2, -0.15) is 0 Å². The third-order valence-electron chi connectivity index (χ3n) is 7.33. The molecular weight excluding hydrogens is 432 g/mol. The third kappa shape index (κ3) is 5.88. The average Bonchev–Trinajstić information content (AvgIpc) is 2.90. The van der Waals surface area contributed by atoms with Gasteiger partial charge in [-0.1, -0.05) is 67.1 Å². The minimum absolute atomic E-state index is 0.0323. The standard InChI is InChI=1S/C31H34N2O2/c34-30(25-10-3-1-4-11-25)21-23-9-7-13-27(19-23)31(35)32-29-14-8-12-26-20-24(15-16-28(26)29)22-33-17-5-2-6-18-33/h1,3-4,7,9-11,13,15-16,19-20,29H,2,5-6,8,12,14,17-18,21-22H2,(H,32,35)/t29-/m1/s1. The van der Waals surface area contributed by atoms with E-state index in [1.165, 1.54) is 49.0 Å². The van der Waals surface area contributed by atoms with Crippen LogP contribution >= 0.6 is 0 Å². The van der Waals surface area contributed by atoms with E-state index in [4.69, 9.17) is 0 Å². The van der Waals surface area contributed by atoms with Gasteiger partial charge in [0.1, 0.15) is 0 Å². The topological polar surface area (TPSA) is 49.4 Å². The van der Waals surface area contributed by atoms with E-state index in [9.17, 15) is 9.59 Å². The number of hydrogen-bond donors (Lipinski definition) is 1. The van der Waals surface area contributed by atoms with E-state index in [2.05, 4.69) is 28.4 Å². The summed E-state index contributed by atoms with van der Waals surface area (Å²) in [6, 6.07) is 23.6. The molecule has 0 spiro atoms. The molecule has 1 atom stereocenters. The summed E-state index contributed by atoms with van der Waals surface area (Å²) in [6.45, 7) is 3.43. The molecule has 0 aromatic heterocycles. The second kappa shape index (κ2) is 11.0. The van der Waals surface area contributed by atoms with Crippen LogP contribution in [0.25, 0.3) is 0 Å². The molecule has 1 amide bonds. The number of aryl methyl sites for hydroxylation is 1. The van der Waals surface area contributed by atoms with Gasteiger partial charge in [-0.15, -0.1) is 0 Å². The maximum Gasteiger partial charge on any atom is 0.251 e. The van der Waals surface area contributed by atoms with Gasteiger partial charge in [-0.05, 0) is 79.6 Å². The van der Waals surface area contributed by atoms with E-state index in [0.29, 0.717) is 11.1 Å². The van der Waals surface area contributed by atoms with Gasteiger partial charge in [0.25, 0.3) is 5.91 Å². The van der Waals surface area contributed by atoms with Gasteiger partial charge in [-0.25, -0.2) is 0 Å². The minimum Gasteiger partial charge on any atom is -0.345 e. The molecule has 1 heterocycles. The largest absolute Gasteiger partial charge is 0.345 e. The summed E-state index contributed by atoms with van der Waals surface area (Å²) in [6.07, 6.45) is 7.37. The molecule has 0 unspecified atom stereocenters. The molecule has 5 rings (SSSR count). The predicted molar refractivity (Wildman–Crippen MR) is 140 cm³/mol. The maximum absolute atomic E-state index is 13.2. The van der Waals surface area contributed by atoms with Gasteiger partial charge in [0.05, 0.1) is 6.04 Å². The second-order valence-corrected chi connectivity index (χ2v) is 9.95. The number of piperidine rings is 1. The first-order valence-corrected chi connectivity index (χ1v) is 13.0. The number of nitrogens with zero attached hydrogens (tertiary/aromatic N) is 1. The number of ketones is 1. The van der Waals surface area contributed by atoms with Gasteiger partial charge in [-0.3, -0.25) is 14.5 Å². The fourth-order valence-corrected chi connectivity index (χ4v) is 5.47. The summed E-state index contributed by atoms with van der Waals surface area (Å²) in [4.78, 5) is 28.3. The number of nitrogens with one attached hydrogen (secondary N) is 1. The molecule has 1 saturated heterocycles. The molecule has 1 aliphatic heterocycles. The summed E-state index contributed by atoms with van der Waals surface area (Å²) in [5.41, 5.74) is 6.17. The van der Waals surface area contributed by atoms with Crippen LogP contribution in [0.2, 0.25) is 0 Å². The van der Waals surface area contributed by atoms with Gasteiger partial charge in [0.15, 0.2) is 5.78 Å². The van der Waals surface area contributed by atoms with Crippen molar-refractivity contribution in [1.29, 1.82) is 0 Å². The van der Waals surface area contributed by atoms with E-state index in [0.717, 1.165) is 31.4 Å². The molecule has 35 heavy (non-hydrogen) atoms. The number of carbonyl (C=O) groups is 2. The average molecular weight is 467 g/mol.